The number of aryl methyl sites for hydroxylation is 1. The molecular formula is C15H20N4OS. The topological polar surface area (TPSA) is 59.0 Å². The van der Waals surface area contributed by atoms with Gasteiger partial charge in [0.05, 0.1) is 11.4 Å². The fraction of sp³-hybridized carbons (Fsp3) is 0.333. The zero-order chi connectivity index (χ0) is 15.2. The molecule has 1 unspecified atom stereocenters. The minimum absolute atomic E-state index is 0.0251. The lowest BCUT2D eigenvalue weighted by molar-refractivity contribution is -0.118. The summed E-state index contributed by atoms with van der Waals surface area (Å²) in [5.41, 5.74) is 1.60. The van der Waals surface area contributed by atoms with Crippen molar-refractivity contribution in [1.82, 2.24) is 9.78 Å². The van der Waals surface area contributed by atoms with Crippen LogP contribution in [0.25, 0.3) is 0 Å². The number of nitrogens with one attached hydrogen (secondary N) is 2. The zero-order valence-electron chi connectivity index (χ0n) is 12.5. The monoisotopic (exact) mass is 304 g/mol. The Kier molecular flexibility index (Phi) is 5.27. The maximum Gasteiger partial charge on any atom is 0.228 e. The van der Waals surface area contributed by atoms with E-state index in [9.17, 15) is 4.79 Å². The van der Waals surface area contributed by atoms with E-state index in [2.05, 4.69) is 15.7 Å². The highest BCUT2D eigenvalue weighted by Crippen LogP contribution is 2.25. The van der Waals surface area contributed by atoms with Crippen LogP contribution in [0, 0.1) is 5.92 Å². The largest absolute Gasteiger partial charge is 0.337 e. The van der Waals surface area contributed by atoms with Crippen LogP contribution in [-0.2, 0) is 11.8 Å². The summed E-state index contributed by atoms with van der Waals surface area (Å²) in [4.78, 5) is 12.1. The number of anilines is 3. The SMILES string of the molecule is CSCC(C)C(=O)Nc1ccccc1Nc1ccn(C)n1. The summed E-state index contributed by atoms with van der Waals surface area (Å²) in [6.45, 7) is 1.93. The van der Waals surface area contributed by atoms with E-state index in [-0.39, 0.29) is 11.8 Å². The molecule has 1 atom stereocenters. The highest BCUT2D eigenvalue weighted by molar-refractivity contribution is 7.98. The molecular weight excluding hydrogens is 284 g/mol. The number of hydrogen-bond donors (Lipinski definition) is 2. The van der Waals surface area contributed by atoms with Gasteiger partial charge in [0, 0.05) is 31.0 Å². The third kappa shape index (κ3) is 4.26. The van der Waals surface area contributed by atoms with E-state index in [0.717, 1.165) is 22.9 Å². The van der Waals surface area contributed by atoms with Crippen LogP contribution in [0.5, 0.6) is 0 Å². The number of carbonyl (C=O) groups is 1. The second kappa shape index (κ2) is 7.17. The second-order valence-electron chi connectivity index (χ2n) is 4.89. The number of para-hydroxylation sites is 2. The van der Waals surface area contributed by atoms with Gasteiger partial charge in [0.2, 0.25) is 5.91 Å². The Hall–Kier alpha value is -1.95. The molecule has 1 amide bonds. The summed E-state index contributed by atoms with van der Waals surface area (Å²) in [5, 5.41) is 10.5. The Labute approximate surface area is 129 Å². The molecule has 6 heteroatoms. The van der Waals surface area contributed by atoms with Crippen LogP contribution in [0.2, 0.25) is 0 Å². The predicted octanol–water partition coefficient (Wildman–Crippen LogP) is 3.10. The van der Waals surface area contributed by atoms with Crippen molar-refractivity contribution in [3.63, 3.8) is 0 Å². The van der Waals surface area contributed by atoms with Gasteiger partial charge in [0.15, 0.2) is 5.82 Å². The van der Waals surface area contributed by atoms with Gasteiger partial charge >= 0.3 is 0 Å². The predicted molar refractivity (Wildman–Crippen MR) is 89.1 cm³/mol. The quantitative estimate of drug-likeness (QED) is 0.861. The fourth-order valence-electron chi connectivity index (χ4n) is 1.90. The van der Waals surface area contributed by atoms with Gasteiger partial charge < -0.3 is 10.6 Å². The number of aromatic nitrogens is 2. The molecule has 112 valence electrons. The lowest BCUT2D eigenvalue weighted by atomic mass is 10.2. The summed E-state index contributed by atoms with van der Waals surface area (Å²) in [7, 11) is 1.86. The lowest BCUT2D eigenvalue weighted by Crippen LogP contribution is -2.22. The van der Waals surface area contributed by atoms with E-state index in [0.29, 0.717) is 0 Å². The number of nitrogens with zero attached hydrogens (tertiary/aromatic N) is 2. The van der Waals surface area contributed by atoms with Gasteiger partial charge in [0.25, 0.3) is 0 Å². The molecule has 0 saturated carbocycles. The number of carbonyl (C=O) groups excluding carboxylic acids is 1. The molecule has 1 aromatic heterocycles. The highest BCUT2D eigenvalue weighted by Gasteiger charge is 2.14. The van der Waals surface area contributed by atoms with Crippen LogP contribution in [0.15, 0.2) is 36.5 Å². The number of hydrogen-bond acceptors (Lipinski definition) is 4. The highest BCUT2D eigenvalue weighted by atomic mass is 32.2. The molecule has 5 nitrogen and oxygen atoms in total. The second-order valence-corrected chi connectivity index (χ2v) is 5.80. The summed E-state index contributed by atoms with van der Waals surface area (Å²) < 4.78 is 1.73. The smallest absolute Gasteiger partial charge is 0.228 e. The van der Waals surface area contributed by atoms with E-state index in [4.69, 9.17) is 0 Å². The van der Waals surface area contributed by atoms with Crippen molar-refractivity contribution in [2.24, 2.45) is 13.0 Å². The Morgan fingerprint density at radius 2 is 2.05 bits per heavy atom. The van der Waals surface area contributed by atoms with Crippen molar-refractivity contribution in [3.05, 3.63) is 36.5 Å². The van der Waals surface area contributed by atoms with Crippen molar-refractivity contribution in [1.29, 1.82) is 0 Å². The van der Waals surface area contributed by atoms with Crippen LogP contribution in [0.1, 0.15) is 6.92 Å². The third-order valence-electron chi connectivity index (χ3n) is 3.03. The van der Waals surface area contributed by atoms with E-state index in [1.807, 2.05) is 56.8 Å². The van der Waals surface area contributed by atoms with E-state index in [1.165, 1.54) is 0 Å². The van der Waals surface area contributed by atoms with Crippen molar-refractivity contribution < 1.29 is 4.79 Å². The summed E-state index contributed by atoms with van der Waals surface area (Å²) >= 11 is 1.67. The standard InChI is InChI=1S/C15H20N4OS/c1-11(10-21-3)15(20)17-13-7-5-4-6-12(13)16-14-8-9-19(2)18-14/h4-9,11H,10H2,1-3H3,(H,16,18)(H,17,20). The van der Waals surface area contributed by atoms with E-state index in [1.54, 1.807) is 16.4 Å². The Bertz CT molecular complexity index is 611. The first-order valence-corrected chi connectivity index (χ1v) is 8.15. The summed E-state index contributed by atoms with van der Waals surface area (Å²) in [6, 6.07) is 9.51. The maximum atomic E-state index is 12.1. The van der Waals surface area contributed by atoms with Crippen molar-refractivity contribution >= 4 is 34.9 Å². The van der Waals surface area contributed by atoms with Gasteiger partial charge in [0.1, 0.15) is 0 Å². The number of amides is 1. The molecule has 0 aliphatic rings. The molecule has 2 aromatic rings. The number of rotatable bonds is 6. The van der Waals surface area contributed by atoms with Gasteiger partial charge in [-0.15, -0.1) is 0 Å². The average Bonchev–Trinajstić information content (AvgIpc) is 2.86. The minimum Gasteiger partial charge on any atom is -0.337 e. The zero-order valence-corrected chi connectivity index (χ0v) is 13.3. The van der Waals surface area contributed by atoms with Crippen molar-refractivity contribution in [3.8, 4) is 0 Å². The Balaban J connectivity index is 2.11. The lowest BCUT2D eigenvalue weighted by Gasteiger charge is -2.14. The van der Waals surface area contributed by atoms with Crippen LogP contribution >= 0.6 is 11.8 Å². The summed E-state index contributed by atoms with van der Waals surface area (Å²) in [6.07, 6.45) is 3.87. The molecule has 0 saturated heterocycles. The molecule has 1 heterocycles. The molecule has 0 radical (unpaired) electrons. The fourth-order valence-corrected chi connectivity index (χ4v) is 2.55. The van der Waals surface area contributed by atoms with Gasteiger partial charge in [-0.2, -0.15) is 16.9 Å². The van der Waals surface area contributed by atoms with E-state index >= 15 is 0 Å². The van der Waals surface area contributed by atoms with Gasteiger partial charge in [-0.25, -0.2) is 0 Å². The van der Waals surface area contributed by atoms with Crippen LogP contribution in [-0.4, -0.2) is 27.7 Å². The molecule has 1 aromatic carbocycles. The first kappa shape index (κ1) is 15.4. The summed E-state index contributed by atoms with van der Waals surface area (Å²) in [5.74, 6) is 1.56. The van der Waals surface area contributed by atoms with E-state index < -0.39 is 0 Å². The molecule has 0 aliphatic heterocycles. The van der Waals surface area contributed by atoms with Crippen molar-refractivity contribution in [2.45, 2.75) is 6.92 Å². The number of thioether (sulfide) groups is 1. The first-order valence-electron chi connectivity index (χ1n) is 6.75. The molecule has 0 spiro atoms. The Morgan fingerprint density at radius 3 is 2.67 bits per heavy atom. The maximum absolute atomic E-state index is 12.1. The number of benzene rings is 1. The van der Waals surface area contributed by atoms with Gasteiger partial charge in [-0.05, 0) is 18.4 Å². The molecule has 0 aliphatic carbocycles. The average molecular weight is 304 g/mol. The van der Waals surface area contributed by atoms with Crippen LogP contribution in [0.4, 0.5) is 17.2 Å². The van der Waals surface area contributed by atoms with Crippen LogP contribution in [0.3, 0.4) is 0 Å². The van der Waals surface area contributed by atoms with Crippen molar-refractivity contribution in [2.75, 3.05) is 22.6 Å². The molecule has 0 bridgehead atoms. The van der Waals surface area contributed by atoms with Gasteiger partial charge in [-0.1, -0.05) is 19.1 Å². The van der Waals surface area contributed by atoms with Crippen LogP contribution < -0.4 is 10.6 Å². The first-order chi connectivity index (χ1) is 10.1. The molecule has 0 fully saturated rings. The Morgan fingerprint density at radius 1 is 1.33 bits per heavy atom. The third-order valence-corrected chi connectivity index (χ3v) is 3.86. The molecule has 2 rings (SSSR count). The molecule has 2 N–H and O–H groups in total. The minimum atomic E-state index is -0.0251. The van der Waals surface area contributed by atoms with Gasteiger partial charge in [-0.3, -0.25) is 9.48 Å². The molecule has 21 heavy (non-hydrogen) atoms. The normalized spacial score (nSPS) is 12.0.